The molecule has 0 radical (unpaired) electrons. The number of aliphatic hydroxyl groups is 1. The molecule has 1 unspecified atom stereocenters. The summed E-state index contributed by atoms with van der Waals surface area (Å²) in [5.41, 5.74) is 2.81. The summed E-state index contributed by atoms with van der Waals surface area (Å²) in [5.74, 6) is 0.784. The molecule has 1 atom stereocenters. The normalized spacial score (nSPS) is 19.1. The Morgan fingerprint density at radius 3 is 3.06 bits per heavy atom. The van der Waals surface area contributed by atoms with Gasteiger partial charge in [0.1, 0.15) is 0 Å². The maximum atomic E-state index is 9.97. The lowest BCUT2D eigenvalue weighted by atomic mass is 10.0. The first-order chi connectivity index (χ1) is 8.27. The monoisotopic (exact) mass is 230 g/mol. The molecule has 1 aliphatic heterocycles. The highest BCUT2D eigenvalue weighted by atomic mass is 16.3. The van der Waals surface area contributed by atoms with Gasteiger partial charge in [0.05, 0.1) is 11.8 Å². The Balaban J connectivity index is 2.14. The molecule has 0 aliphatic carbocycles. The molecule has 2 aromatic heterocycles. The van der Waals surface area contributed by atoms with E-state index in [0.29, 0.717) is 13.1 Å². The van der Waals surface area contributed by atoms with Crippen LogP contribution in [0.4, 0.5) is 0 Å². The number of aliphatic hydroxyl groups excluding tert-OH is 1. The first-order valence-corrected chi connectivity index (χ1v) is 5.66. The molecule has 1 aliphatic rings. The fraction of sp³-hybridized carbons (Fsp3) is 0.333. The minimum atomic E-state index is -0.476. The van der Waals surface area contributed by atoms with Crippen LogP contribution in [0.5, 0.6) is 0 Å². The summed E-state index contributed by atoms with van der Waals surface area (Å²) in [6, 6.07) is 5.71. The van der Waals surface area contributed by atoms with E-state index in [0.717, 1.165) is 22.8 Å². The summed E-state index contributed by atoms with van der Waals surface area (Å²) in [4.78, 5) is 4.28. The zero-order valence-corrected chi connectivity index (χ0v) is 9.59. The molecule has 0 amide bonds. The highest BCUT2D eigenvalue weighted by Crippen LogP contribution is 2.26. The lowest BCUT2D eigenvalue weighted by Crippen LogP contribution is -2.27. The van der Waals surface area contributed by atoms with Crippen LogP contribution in [-0.4, -0.2) is 26.4 Å². The highest BCUT2D eigenvalue weighted by Gasteiger charge is 2.25. The third-order valence-electron chi connectivity index (χ3n) is 3.07. The predicted octanol–water partition coefficient (Wildman–Crippen LogP) is 0.712. The summed E-state index contributed by atoms with van der Waals surface area (Å²) in [6.45, 7) is 3.25. The third kappa shape index (κ3) is 1.64. The third-order valence-corrected chi connectivity index (χ3v) is 3.07. The Labute approximate surface area is 99.1 Å². The van der Waals surface area contributed by atoms with Crippen LogP contribution in [0.3, 0.4) is 0 Å². The van der Waals surface area contributed by atoms with Crippen LogP contribution in [0.25, 0.3) is 5.82 Å². The van der Waals surface area contributed by atoms with Crippen molar-refractivity contribution in [2.45, 2.75) is 19.6 Å². The Kier molecular flexibility index (Phi) is 2.42. The highest BCUT2D eigenvalue weighted by molar-refractivity contribution is 5.35. The molecule has 88 valence electrons. The Morgan fingerprint density at radius 1 is 1.47 bits per heavy atom. The van der Waals surface area contributed by atoms with Crippen LogP contribution in [-0.2, 0) is 6.54 Å². The Bertz CT molecular complexity index is 535. The molecule has 0 bridgehead atoms. The van der Waals surface area contributed by atoms with Gasteiger partial charge in [-0.05, 0) is 19.1 Å². The SMILES string of the molecule is Cc1c2c(nn1-c1ccccn1)CNCC2O. The Hall–Kier alpha value is -1.72. The number of hydrogen-bond donors (Lipinski definition) is 2. The van der Waals surface area contributed by atoms with Gasteiger partial charge in [-0.1, -0.05) is 6.07 Å². The van der Waals surface area contributed by atoms with Crippen LogP contribution >= 0.6 is 0 Å². The summed E-state index contributed by atoms with van der Waals surface area (Å²) >= 11 is 0. The number of aromatic nitrogens is 3. The zero-order valence-electron chi connectivity index (χ0n) is 9.59. The van der Waals surface area contributed by atoms with E-state index in [-0.39, 0.29) is 0 Å². The average molecular weight is 230 g/mol. The second kappa shape index (κ2) is 3.94. The van der Waals surface area contributed by atoms with Gasteiger partial charge >= 0.3 is 0 Å². The number of nitrogens with zero attached hydrogens (tertiary/aromatic N) is 3. The van der Waals surface area contributed by atoms with Gasteiger partial charge in [0.25, 0.3) is 0 Å². The van der Waals surface area contributed by atoms with Gasteiger partial charge in [-0.15, -0.1) is 0 Å². The molecular weight excluding hydrogens is 216 g/mol. The molecular formula is C12H14N4O. The summed E-state index contributed by atoms with van der Waals surface area (Å²) in [5, 5.41) is 17.6. The van der Waals surface area contributed by atoms with Crippen molar-refractivity contribution in [3.05, 3.63) is 41.3 Å². The second-order valence-corrected chi connectivity index (χ2v) is 4.19. The molecule has 17 heavy (non-hydrogen) atoms. The molecule has 0 fully saturated rings. The maximum Gasteiger partial charge on any atom is 0.153 e. The van der Waals surface area contributed by atoms with E-state index in [1.165, 1.54) is 0 Å². The quantitative estimate of drug-likeness (QED) is 0.757. The van der Waals surface area contributed by atoms with Crippen molar-refractivity contribution in [2.24, 2.45) is 0 Å². The number of β-amino-alcohol motifs (C(OH)–C–C–N with tert-alkyl or cyclic N) is 1. The number of hydrogen-bond acceptors (Lipinski definition) is 4. The predicted molar refractivity (Wildman–Crippen MR) is 62.8 cm³/mol. The van der Waals surface area contributed by atoms with Crippen molar-refractivity contribution in [3.63, 3.8) is 0 Å². The molecule has 5 heteroatoms. The minimum absolute atomic E-state index is 0.476. The lowest BCUT2D eigenvalue weighted by molar-refractivity contribution is 0.164. The summed E-state index contributed by atoms with van der Waals surface area (Å²) in [6.07, 6.45) is 1.26. The van der Waals surface area contributed by atoms with Gasteiger partial charge < -0.3 is 10.4 Å². The van der Waals surface area contributed by atoms with Crippen molar-refractivity contribution >= 4 is 0 Å². The van der Waals surface area contributed by atoms with Crippen molar-refractivity contribution in [2.75, 3.05) is 6.54 Å². The number of pyridine rings is 1. The topological polar surface area (TPSA) is 63.0 Å². The fourth-order valence-electron chi connectivity index (χ4n) is 2.27. The van der Waals surface area contributed by atoms with E-state index in [1.807, 2.05) is 25.1 Å². The molecule has 5 nitrogen and oxygen atoms in total. The molecule has 3 heterocycles. The second-order valence-electron chi connectivity index (χ2n) is 4.19. The van der Waals surface area contributed by atoms with Gasteiger partial charge in [-0.2, -0.15) is 5.10 Å². The van der Waals surface area contributed by atoms with E-state index in [2.05, 4.69) is 15.4 Å². The average Bonchev–Trinajstić information content (AvgIpc) is 2.69. The molecule has 0 spiro atoms. The van der Waals surface area contributed by atoms with Gasteiger partial charge in [-0.25, -0.2) is 9.67 Å². The van der Waals surface area contributed by atoms with Crippen molar-refractivity contribution < 1.29 is 5.11 Å². The Morgan fingerprint density at radius 2 is 2.35 bits per heavy atom. The molecule has 3 rings (SSSR count). The molecule has 0 aromatic carbocycles. The van der Waals surface area contributed by atoms with Crippen LogP contribution in [0.1, 0.15) is 23.1 Å². The number of nitrogens with one attached hydrogen (secondary N) is 1. The van der Waals surface area contributed by atoms with Gasteiger partial charge in [-0.3, -0.25) is 0 Å². The maximum absolute atomic E-state index is 9.97. The van der Waals surface area contributed by atoms with Crippen molar-refractivity contribution in [3.8, 4) is 5.82 Å². The fourth-order valence-corrected chi connectivity index (χ4v) is 2.27. The summed E-state index contributed by atoms with van der Waals surface area (Å²) in [7, 11) is 0. The first kappa shape index (κ1) is 10.4. The minimum Gasteiger partial charge on any atom is -0.387 e. The largest absolute Gasteiger partial charge is 0.387 e. The zero-order chi connectivity index (χ0) is 11.8. The van der Waals surface area contributed by atoms with Crippen LogP contribution < -0.4 is 5.32 Å². The van der Waals surface area contributed by atoms with Crippen LogP contribution in [0, 0.1) is 6.92 Å². The van der Waals surface area contributed by atoms with Gasteiger partial charge in [0, 0.05) is 30.5 Å². The van der Waals surface area contributed by atoms with E-state index in [9.17, 15) is 5.11 Å². The van der Waals surface area contributed by atoms with E-state index >= 15 is 0 Å². The van der Waals surface area contributed by atoms with Crippen LogP contribution in [0.15, 0.2) is 24.4 Å². The lowest BCUT2D eigenvalue weighted by Gasteiger charge is -2.18. The van der Waals surface area contributed by atoms with E-state index in [4.69, 9.17) is 0 Å². The van der Waals surface area contributed by atoms with Crippen LogP contribution in [0.2, 0.25) is 0 Å². The number of fused-ring (bicyclic) bond motifs is 1. The molecule has 2 aromatic rings. The standard InChI is InChI=1S/C12H14N4O/c1-8-12-9(6-13-7-10(12)17)15-16(8)11-4-2-3-5-14-11/h2-5,10,13,17H,6-7H2,1H3. The van der Waals surface area contributed by atoms with Gasteiger partial charge in [0.15, 0.2) is 5.82 Å². The van der Waals surface area contributed by atoms with E-state index < -0.39 is 6.10 Å². The smallest absolute Gasteiger partial charge is 0.153 e. The molecule has 0 saturated heterocycles. The van der Waals surface area contributed by atoms with Crippen molar-refractivity contribution in [1.82, 2.24) is 20.1 Å². The van der Waals surface area contributed by atoms with E-state index in [1.54, 1.807) is 10.9 Å². The number of rotatable bonds is 1. The van der Waals surface area contributed by atoms with Crippen molar-refractivity contribution in [1.29, 1.82) is 0 Å². The molecule has 0 saturated carbocycles. The van der Waals surface area contributed by atoms with Gasteiger partial charge in [0.2, 0.25) is 0 Å². The first-order valence-electron chi connectivity index (χ1n) is 5.66. The molecule has 2 N–H and O–H groups in total. The summed E-state index contributed by atoms with van der Waals surface area (Å²) < 4.78 is 1.79.